The van der Waals surface area contributed by atoms with Gasteiger partial charge in [-0.05, 0) is 43.5 Å². The summed E-state index contributed by atoms with van der Waals surface area (Å²) in [5, 5.41) is 2.94. The summed E-state index contributed by atoms with van der Waals surface area (Å²) in [6.45, 7) is 2.52. The van der Waals surface area contributed by atoms with Crippen molar-refractivity contribution in [3.63, 3.8) is 0 Å². The number of aromatic nitrogens is 2. The zero-order chi connectivity index (χ0) is 18.1. The number of H-pyrrole nitrogens is 1. The fraction of sp³-hybridized carbons (Fsp3) is 0.333. The van der Waals surface area contributed by atoms with Gasteiger partial charge >= 0.3 is 5.69 Å². The summed E-state index contributed by atoms with van der Waals surface area (Å²) < 4.78 is 1.86. The molecule has 0 aliphatic heterocycles. The first-order chi connectivity index (χ1) is 12.6. The molecular formula is C21H23N3O2. The number of imidazole rings is 1. The molecule has 1 aliphatic carbocycles. The number of nitrogens with one attached hydrogen (secondary N) is 2. The van der Waals surface area contributed by atoms with Gasteiger partial charge in [0.2, 0.25) is 0 Å². The van der Waals surface area contributed by atoms with Crippen LogP contribution in [0.3, 0.4) is 0 Å². The number of hydrogen-bond donors (Lipinski definition) is 2. The fourth-order valence-electron chi connectivity index (χ4n) is 3.79. The molecule has 1 aliphatic rings. The van der Waals surface area contributed by atoms with Gasteiger partial charge in [0.25, 0.3) is 5.91 Å². The Morgan fingerprint density at radius 1 is 1.15 bits per heavy atom. The molecule has 0 unspecified atom stereocenters. The van der Waals surface area contributed by atoms with E-state index in [4.69, 9.17) is 0 Å². The summed E-state index contributed by atoms with van der Waals surface area (Å²) in [4.78, 5) is 27.7. The van der Waals surface area contributed by atoms with Crippen molar-refractivity contribution in [1.29, 1.82) is 0 Å². The normalized spacial score (nSPS) is 14.8. The third-order valence-corrected chi connectivity index (χ3v) is 5.24. The SMILES string of the molecule is Cc1ccc(CNC(=O)c2ccc3c(c2)[nH]c(=O)n3C2CCCC2)cc1. The maximum atomic E-state index is 12.5. The largest absolute Gasteiger partial charge is 0.348 e. The van der Waals surface area contributed by atoms with E-state index < -0.39 is 0 Å². The van der Waals surface area contributed by atoms with Crippen LogP contribution in [0.4, 0.5) is 0 Å². The molecule has 1 aromatic heterocycles. The molecule has 3 aromatic rings. The molecule has 2 aromatic carbocycles. The Morgan fingerprint density at radius 2 is 1.88 bits per heavy atom. The zero-order valence-electron chi connectivity index (χ0n) is 14.9. The summed E-state index contributed by atoms with van der Waals surface area (Å²) in [6, 6.07) is 13.8. The third kappa shape index (κ3) is 3.17. The number of carbonyl (C=O) groups is 1. The molecule has 0 bridgehead atoms. The van der Waals surface area contributed by atoms with Crippen molar-refractivity contribution >= 4 is 16.9 Å². The summed E-state index contributed by atoms with van der Waals surface area (Å²) in [6.07, 6.45) is 4.43. The molecule has 1 saturated carbocycles. The predicted octanol–water partition coefficient (Wildman–Crippen LogP) is 3.68. The first-order valence-corrected chi connectivity index (χ1v) is 9.20. The minimum atomic E-state index is -0.137. The predicted molar refractivity (Wildman–Crippen MR) is 102 cm³/mol. The lowest BCUT2D eigenvalue weighted by atomic mass is 10.1. The molecule has 0 atom stereocenters. The summed E-state index contributed by atoms with van der Waals surface area (Å²) in [5.74, 6) is -0.137. The highest BCUT2D eigenvalue weighted by Crippen LogP contribution is 2.30. The molecule has 1 amide bonds. The highest BCUT2D eigenvalue weighted by atomic mass is 16.2. The lowest BCUT2D eigenvalue weighted by molar-refractivity contribution is 0.0951. The van der Waals surface area contributed by atoms with Crippen LogP contribution in [0, 0.1) is 6.92 Å². The van der Waals surface area contributed by atoms with E-state index in [0.29, 0.717) is 12.1 Å². The number of amides is 1. The van der Waals surface area contributed by atoms with Crippen LogP contribution in [0.5, 0.6) is 0 Å². The van der Waals surface area contributed by atoms with Crippen molar-refractivity contribution < 1.29 is 4.79 Å². The third-order valence-electron chi connectivity index (χ3n) is 5.24. The van der Waals surface area contributed by atoms with Crippen LogP contribution >= 0.6 is 0 Å². The number of aromatic amines is 1. The first-order valence-electron chi connectivity index (χ1n) is 9.20. The number of carbonyl (C=O) groups excluding carboxylic acids is 1. The second kappa shape index (κ2) is 6.83. The Labute approximate surface area is 152 Å². The summed E-state index contributed by atoms with van der Waals surface area (Å²) in [5.41, 5.74) is 4.35. The Morgan fingerprint density at radius 3 is 2.62 bits per heavy atom. The zero-order valence-corrected chi connectivity index (χ0v) is 14.9. The number of nitrogens with zero attached hydrogens (tertiary/aromatic N) is 1. The van der Waals surface area contributed by atoms with Crippen molar-refractivity contribution in [3.05, 3.63) is 69.6 Å². The highest BCUT2D eigenvalue weighted by Gasteiger charge is 2.21. The summed E-state index contributed by atoms with van der Waals surface area (Å²) >= 11 is 0. The second-order valence-corrected chi connectivity index (χ2v) is 7.14. The smallest absolute Gasteiger partial charge is 0.326 e. The average Bonchev–Trinajstić information content (AvgIpc) is 3.26. The minimum absolute atomic E-state index is 0.0795. The number of hydrogen-bond acceptors (Lipinski definition) is 2. The molecule has 5 nitrogen and oxygen atoms in total. The fourth-order valence-corrected chi connectivity index (χ4v) is 3.79. The van der Waals surface area contributed by atoms with Gasteiger partial charge in [-0.25, -0.2) is 4.79 Å². The van der Waals surface area contributed by atoms with Gasteiger partial charge in [0.15, 0.2) is 0 Å². The molecule has 0 radical (unpaired) electrons. The van der Waals surface area contributed by atoms with Crippen LogP contribution in [0.1, 0.15) is 53.2 Å². The molecule has 134 valence electrons. The van der Waals surface area contributed by atoms with Crippen LogP contribution < -0.4 is 11.0 Å². The van der Waals surface area contributed by atoms with Gasteiger partial charge in [-0.3, -0.25) is 9.36 Å². The van der Waals surface area contributed by atoms with Crippen molar-refractivity contribution in [1.82, 2.24) is 14.9 Å². The lowest BCUT2D eigenvalue weighted by Gasteiger charge is -2.11. The Balaban J connectivity index is 1.54. The molecule has 5 heteroatoms. The van der Waals surface area contributed by atoms with Crippen molar-refractivity contribution in [2.75, 3.05) is 0 Å². The number of fused-ring (bicyclic) bond motifs is 1. The van der Waals surface area contributed by atoms with Gasteiger partial charge in [-0.1, -0.05) is 42.7 Å². The van der Waals surface area contributed by atoms with Crippen LogP contribution in [0.2, 0.25) is 0 Å². The Bertz CT molecular complexity index is 992. The van der Waals surface area contributed by atoms with Gasteiger partial charge in [0.05, 0.1) is 11.0 Å². The average molecular weight is 349 g/mol. The number of rotatable bonds is 4. The van der Waals surface area contributed by atoms with E-state index in [1.165, 1.54) is 18.4 Å². The van der Waals surface area contributed by atoms with Crippen LogP contribution in [-0.4, -0.2) is 15.5 Å². The minimum Gasteiger partial charge on any atom is -0.348 e. The molecular weight excluding hydrogens is 326 g/mol. The van der Waals surface area contributed by atoms with E-state index in [9.17, 15) is 9.59 Å². The highest BCUT2D eigenvalue weighted by molar-refractivity contribution is 5.97. The van der Waals surface area contributed by atoms with Gasteiger partial charge in [0.1, 0.15) is 0 Å². The Hall–Kier alpha value is -2.82. The number of aryl methyl sites for hydroxylation is 1. The van der Waals surface area contributed by atoms with Crippen LogP contribution in [-0.2, 0) is 6.54 Å². The first kappa shape index (κ1) is 16.6. The monoisotopic (exact) mass is 349 g/mol. The van der Waals surface area contributed by atoms with Crippen LogP contribution in [0.25, 0.3) is 11.0 Å². The van der Waals surface area contributed by atoms with Crippen molar-refractivity contribution in [2.24, 2.45) is 0 Å². The van der Waals surface area contributed by atoms with Gasteiger partial charge in [-0.2, -0.15) is 0 Å². The van der Waals surface area contributed by atoms with E-state index in [1.807, 2.05) is 41.8 Å². The van der Waals surface area contributed by atoms with Gasteiger partial charge in [0, 0.05) is 18.2 Å². The lowest BCUT2D eigenvalue weighted by Crippen LogP contribution is -2.22. The second-order valence-electron chi connectivity index (χ2n) is 7.14. The maximum Gasteiger partial charge on any atom is 0.326 e. The molecule has 26 heavy (non-hydrogen) atoms. The van der Waals surface area contributed by atoms with Gasteiger partial charge < -0.3 is 10.3 Å². The van der Waals surface area contributed by atoms with E-state index in [1.54, 1.807) is 12.1 Å². The quantitative estimate of drug-likeness (QED) is 0.754. The standard InChI is InChI=1S/C21H23N3O2/c1-14-6-8-15(9-7-14)13-22-20(25)16-10-11-19-18(12-16)23-21(26)24(19)17-4-2-3-5-17/h6-12,17H,2-5,13H2,1H3,(H,22,25)(H,23,26). The van der Waals surface area contributed by atoms with E-state index in [2.05, 4.69) is 10.3 Å². The molecule has 2 N–H and O–H groups in total. The number of benzene rings is 2. The molecule has 1 fully saturated rings. The molecule has 4 rings (SSSR count). The van der Waals surface area contributed by atoms with E-state index >= 15 is 0 Å². The van der Waals surface area contributed by atoms with Crippen molar-refractivity contribution in [2.45, 2.75) is 45.2 Å². The molecule has 0 saturated heterocycles. The van der Waals surface area contributed by atoms with E-state index in [-0.39, 0.29) is 17.6 Å². The molecule has 1 heterocycles. The van der Waals surface area contributed by atoms with E-state index in [0.717, 1.165) is 29.4 Å². The molecule has 0 spiro atoms. The topological polar surface area (TPSA) is 66.9 Å². The maximum absolute atomic E-state index is 12.5. The Kier molecular flexibility index (Phi) is 4.37. The van der Waals surface area contributed by atoms with Gasteiger partial charge in [-0.15, -0.1) is 0 Å². The van der Waals surface area contributed by atoms with Crippen LogP contribution in [0.15, 0.2) is 47.3 Å². The van der Waals surface area contributed by atoms with Crippen molar-refractivity contribution in [3.8, 4) is 0 Å². The summed E-state index contributed by atoms with van der Waals surface area (Å²) in [7, 11) is 0.